The summed E-state index contributed by atoms with van der Waals surface area (Å²) in [5, 5.41) is 2.06. The van der Waals surface area contributed by atoms with Crippen LogP contribution < -0.4 is 20.5 Å². The molecule has 108 valence electrons. The Labute approximate surface area is 116 Å². The lowest BCUT2D eigenvalue weighted by Crippen LogP contribution is -2.46. The van der Waals surface area contributed by atoms with Crippen molar-refractivity contribution in [1.82, 2.24) is 10.2 Å². The minimum atomic E-state index is -0.849. The average molecular weight is 279 g/mol. The second-order valence-electron chi connectivity index (χ2n) is 4.63. The maximum Gasteiger partial charge on any atom is 0.318 e. The number of benzene rings is 1. The Morgan fingerprint density at radius 2 is 2.10 bits per heavy atom. The molecular weight excluding hydrogens is 262 g/mol. The Bertz CT molecular complexity index is 532. The zero-order valence-corrected chi connectivity index (χ0v) is 11.4. The lowest BCUT2D eigenvalue weighted by Gasteiger charge is -2.23. The number of primary amides is 1. The molecule has 0 spiro atoms. The molecule has 0 fully saturated rings. The molecule has 1 atom stereocenters. The van der Waals surface area contributed by atoms with Crippen LogP contribution in [-0.2, 0) is 11.3 Å². The number of ether oxygens (including phenoxy) is 2. The van der Waals surface area contributed by atoms with Crippen LogP contribution in [-0.4, -0.2) is 36.7 Å². The van der Waals surface area contributed by atoms with Gasteiger partial charge in [0, 0.05) is 6.54 Å². The zero-order chi connectivity index (χ0) is 14.7. The topological polar surface area (TPSA) is 93.9 Å². The van der Waals surface area contributed by atoms with Crippen molar-refractivity contribution in [3.8, 4) is 11.5 Å². The Kier molecular flexibility index (Phi) is 4.09. The van der Waals surface area contributed by atoms with Gasteiger partial charge in [0.15, 0.2) is 11.5 Å². The number of nitrogens with two attached hydrogens (primary N) is 1. The van der Waals surface area contributed by atoms with Crippen molar-refractivity contribution in [1.29, 1.82) is 0 Å². The van der Waals surface area contributed by atoms with Crippen LogP contribution in [0.3, 0.4) is 0 Å². The maximum atomic E-state index is 11.7. The van der Waals surface area contributed by atoms with E-state index in [4.69, 9.17) is 15.2 Å². The van der Waals surface area contributed by atoms with Crippen molar-refractivity contribution in [2.24, 2.45) is 5.73 Å². The molecule has 1 aromatic carbocycles. The molecule has 3 amide bonds. The highest BCUT2D eigenvalue weighted by Gasteiger charge is 2.20. The van der Waals surface area contributed by atoms with Crippen LogP contribution in [0.2, 0.25) is 0 Å². The molecule has 0 saturated heterocycles. The minimum absolute atomic E-state index is 0.228. The van der Waals surface area contributed by atoms with Gasteiger partial charge in [0.2, 0.25) is 12.7 Å². The Balaban J connectivity index is 1.98. The monoisotopic (exact) mass is 279 g/mol. The van der Waals surface area contributed by atoms with E-state index in [1.165, 1.54) is 0 Å². The summed E-state index contributed by atoms with van der Waals surface area (Å²) in [6.45, 7) is 2.46. The first kappa shape index (κ1) is 14.1. The Morgan fingerprint density at radius 3 is 2.80 bits per heavy atom. The number of hydrogen-bond donors (Lipinski definition) is 2. The summed E-state index contributed by atoms with van der Waals surface area (Å²) in [6.07, 6.45) is 0. The molecular formula is C13H17N3O4. The highest BCUT2D eigenvalue weighted by atomic mass is 16.7. The number of carbonyl (C=O) groups is 2. The van der Waals surface area contributed by atoms with Crippen molar-refractivity contribution in [3.63, 3.8) is 0 Å². The van der Waals surface area contributed by atoms with Crippen LogP contribution in [0.25, 0.3) is 0 Å². The smallest absolute Gasteiger partial charge is 0.318 e. The van der Waals surface area contributed by atoms with Gasteiger partial charge in [-0.3, -0.25) is 15.0 Å². The first-order chi connectivity index (χ1) is 9.47. The Hall–Kier alpha value is -2.28. The van der Waals surface area contributed by atoms with E-state index in [1.54, 1.807) is 18.9 Å². The first-order valence-corrected chi connectivity index (χ1v) is 6.16. The number of rotatable bonds is 4. The number of urea groups is 1. The number of likely N-dealkylation sites (N-methyl/N-ethyl adjacent to an activating group) is 1. The number of imide groups is 1. The van der Waals surface area contributed by atoms with Gasteiger partial charge >= 0.3 is 6.03 Å². The van der Waals surface area contributed by atoms with Gasteiger partial charge in [0.05, 0.1) is 6.04 Å². The third kappa shape index (κ3) is 3.18. The van der Waals surface area contributed by atoms with Crippen LogP contribution in [0.1, 0.15) is 12.5 Å². The molecule has 1 aliphatic rings. The number of fused-ring (bicyclic) bond motifs is 1. The average Bonchev–Trinajstić information content (AvgIpc) is 2.84. The van der Waals surface area contributed by atoms with Gasteiger partial charge in [-0.1, -0.05) is 6.07 Å². The SMILES string of the molecule is C[C@H](C(=O)NC(N)=O)N(C)Cc1ccc2c(c1)OCO2. The third-order valence-corrected chi connectivity index (χ3v) is 3.16. The summed E-state index contributed by atoms with van der Waals surface area (Å²) in [5.74, 6) is 0.988. The summed E-state index contributed by atoms with van der Waals surface area (Å²) in [6, 6.07) is 4.28. The molecule has 0 unspecified atom stereocenters. The van der Waals surface area contributed by atoms with Gasteiger partial charge in [-0.15, -0.1) is 0 Å². The number of nitrogens with one attached hydrogen (secondary N) is 1. The van der Waals surface area contributed by atoms with E-state index in [1.807, 2.05) is 18.2 Å². The number of amides is 3. The van der Waals surface area contributed by atoms with Crippen molar-refractivity contribution < 1.29 is 19.1 Å². The molecule has 1 heterocycles. The van der Waals surface area contributed by atoms with E-state index in [0.717, 1.165) is 11.3 Å². The lowest BCUT2D eigenvalue weighted by atomic mass is 10.1. The first-order valence-electron chi connectivity index (χ1n) is 6.16. The van der Waals surface area contributed by atoms with E-state index in [2.05, 4.69) is 5.32 Å². The molecule has 7 heteroatoms. The Morgan fingerprint density at radius 1 is 1.40 bits per heavy atom. The summed E-state index contributed by atoms with van der Waals surface area (Å²) >= 11 is 0. The largest absolute Gasteiger partial charge is 0.454 e. The van der Waals surface area contributed by atoms with E-state index in [-0.39, 0.29) is 6.79 Å². The fourth-order valence-corrected chi connectivity index (χ4v) is 1.89. The molecule has 0 bridgehead atoms. The summed E-state index contributed by atoms with van der Waals surface area (Å²) < 4.78 is 10.5. The molecule has 0 radical (unpaired) electrons. The molecule has 3 N–H and O–H groups in total. The van der Waals surface area contributed by atoms with E-state index in [0.29, 0.717) is 12.3 Å². The quantitative estimate of drug-likeness (QED) is 0.833. The van der Waals surface area contributed by atoms with E-state index in [9.17, 15) is 9.59 Å². The summed E-state index contributed by atoms with van der Waals surface area (Å²) in [5.41, 5.74) is 5.91. The van der Waals surface area contributed by atoms with E-state index < -0.39 is 18.0 Å². The van der Waals surface area contributed by atoms with Gasteiger partial charge < -0.3 is 15.2 Å². The van der Waals surface area contributed by atoms with E-state index >= 15 is 0 Å². The van der Waals surface area contributed by atoms with Crippen LogP contribution >= 0.6 is 0 Å². The zero-order valence-electron chi connectivity index (χ0n) is 11.4. The molecule has 0 aliphatic carbocycles. The molecule has 0 aromatic heterocycles. The van der Waals surface area contributed by atoms with Crippen molar-refractivity contribution >= 4 is 11.9 Å². The van der Waals surface area contributed by atoms with Crippen molar-refractivity contribution in [2.45, 2.75) is 19.5 Å². The second kappa shape index (κ2) is 5.79. The van der Waals surface area contributed by atoms with Gasteiger partial charge in [0.1, 0.15) is 0 Å². The highest BCUT2D eigenvalue weighted by molar-refractivity contribution is 5.96. The van der Waals surface area contributed by atoms with Crippen molar-refractivity contribution in [2.75, 3.05) is 13.8 Å². The predicted octanol–water partition coefficient (Wildman–Crippen LogP) is 0.430. The van der Waals surface area contributed by atoms with Crippen LogP contribution in [0, 0.1) is 0 Å². The molecule has 0 saturated carbocycles. The van der Waals surface area contributed by atoms with Gasteiger partial charge in [-0.2, -0.15) is 0 Å². The summed E-state index contributed by atoms with van der Waals surface area (Å²) in [7, 11) is 1.79. The van der Waals surface area contributed by atoms with Gasteiger partial charge in [-0.25, -0.2) is 4.79 Å². The fourth-order valence-electron chi connectivity index (χ4n) is 1.89. The number of nitrogens with zero attached hydrogens (tertiary/aromatic N) is 1. The molecule has 2 rings (SSSR count). The lowest BCUT2D eigenvalue weighted by molar-refractivity contribution is -0.124. The van der Waals surface area contributed by atoms with Gasteiger partial charge in [-0.05, 0) is 31.7 Å². The number of carbonyl (C=O) groups excluding carboxylic acids is 2. The van der Waals surface area contributed by atoms with Crippen LogP contribution in [0.4, 0.5) is 4.79 Å². The molecule has 20 heavy (non-hydrogen) atoms. The number of hydrogen-bond acceptors (Lipinski definition) is 5. The normalized spacial score (nSPS) is 14.2. The molecule has 7 nitrogen and oxygen atoms in total. The fraction of sp³-hybridized carbons (Fsp3) is 0.385. The highest BCUT2D eigenvalue weighted by Crippen LogP contribution is 2.32. The second-order valence-corrected chi connectivity index (χ2v) is 4.63. The molecule has 1 aliphatic heterocycles. The van der Waals surface area contributed by atoms with Crippen LogP contribution in [0.5, 0.6) is 11.5 Å². The van der Waals surface area contributed by atoms with Gasteiger partial charge in [0.25, 0.3) is 0 Å². The summed E-state index contributed by atoms with van der Waals surface area (Å²) in [4.78, 5) is 24.1. The standard InChI is InChI=1S/C13H17N3O4/c1-8(12(17)15-13(14)18)16(2)6-9-3-4-10-11(5-9)20-7-19-10/h3-5,8H,6-7H2,1-2H3,(H3,14,15,17,18)/t8-/m1/s1. The predicted molar refractivity (Wildman–Crippen MR) is 71.2 cm³/mol. The minimum Gasteiger partial charge on any atom is -0.454 e. The van der Waals surface area contributed by atoms with Crippen molar-refractivity contribution in [3.05, 3.63) is 23.8 Å². The molecule has 1 aromatic rings. The maximum absolute atomic E-state index is 11.7. The van der Waals surface area contributed by atoms with Crippen LogP contribution in [0.15, 0.2) is 18.2 Å². The third-order valence-electron chi connectivity index (χ3n) is 3.16.